The van der Waals surface area contributed by atoms with Crippen LogP contribution in [0.5, 0.6) is 5.75 Å². The number of methoxy groups -OCH3 is 1. The summed E-state index contributed by atoms with van der Waals surface area (Å²) in [5, 5.41) is 6.03. The molecule has 6 nitrogen and oxygen atoms in total. The Morgan fingerprint density at radius 1 is 1.22 bits per heavy atom. The van der Waals surface area contributed by atoms with Crippen LogP contribution in [-0.4, -0.2) is 29.0 Å². The molecule has 2 N–H and O–H groups in total. The molecule has 0 aliphatic carbocycles. The van der Waals surface area contributed by atoms with Crippen LogP contribution in [0.1, 0.15) is 36.3 Å². The molecule has 1 unspecified atom stereocenters. The van der Waals surface area contributed by atoms with Crippen molar-refractivity contribution in [2.45, 2.75) is 32.9 Å². The number of anilines is 1. The minimum Gasteiger partial charge on any atom is -0.497 e. The van der Waals surface area contributed by atoms with Crippen LogP contribution in [0.3, 0.4) is 0 Å². The predicted octanol–water partition coefficient (Wildman–Crippen LogP) is 2.63. The third-order valence-electron chi connectivity index (χ3n) is 3.50. The average Bonchev–Trinajstić information content (AvgIpc) is 2.60. The molecule has 0 bridgehead atoms. The first kappa shape index (κ1) is 16.7. The zero-order valence-corrected chi connectivity index (χ0v) is 13.7. The van der Waals surface area contributed by atoms with E-state index in [0.29, 0.717) is 24.1 Å². The van der Waals surface area contributed by atoms with Gasteiger partial charge < -0.3 is 15.4 Å². The van der Waals surface area contributed by atoms with Gasteiger partial charge in [0.05, 0.1) is 19.5 Å². The van der Waals surface area contributed by atoms with Crippen LogP contribution < -0.4 is 15.4 Å². The molecular weight excluding hydrogens is 292 g/mol. The van der Waals surface area contributed by atoms with E-state index in [2.05, 4.69) is 34.4 Å². The van der Waals surface area contributed by atoms with Gasteiger partial charge in [0.1, 0.15) is 17.3 Å². The first-order chi connectivity index (χ1) is 11.1. The Labute approximate surface area is 136 Å². The summed E-state index contributed by atoms with van der Waals surface area (Å²) in [6.07, 6.45) is 4.05. The van der Waals surface area contributed by atoms with Crippen LogP contribution in [0.2, 0.25) is 0 Å². The average molecular weight is 314 g/mol. The van der Waals surface area contributed by atoms with E-state index >= 15 is 0 Å². The van der Waals surface area contributed by atoms with Gasteiger partial charge in [-0.1, -0.05) is 19.1 Å². The van der Waals surface area contributed by atoms with E-state index < -0.39 is 0 Å². The molecule has 1 aromatic heterocycles. The third kappa shape index (κ3) is 4.95. The van der Waals surface area contributed by atoms with Gasteiger partial charge >= 0.3 is 0 Å². The number of ether oxygens (including phenoxy) is 1. The summed E-state index contributed by atoms with van der Waals surface area (Å²) in [5.41, 5.74) is 1.29. The van der Waals surface area contributed by atoms with E-state index in [1.807, 2.05) is 24.3 Å². The summed E-state index contributed by atoms with van der Waals surface area (Å²) in [6.45, 7) is 4.58. The Hall–Kier alpha value is -2.63. The molecule has 0 fully saturated rings. The number of amides is 1. The van der Waals surface area contributed by atoms with Crippen molar-refractivity contribution in [2.24, 2.45) is 0 Å². The van der Waals surface area contributed by atoms with E-state index in [1.54, 1.807) is 13.3 Å². The second-order valence-electron chi connectivity index (χ2n) is 5.27. The summed E-state index contributed by atoms with van der Waals surface area (Å²) in [7, 11) is 1.62. The number of nitrogens with zero attached hydrogens (tertiary/aromatic N) is 2. The van der Waals surface area contributed by atoms with Crippen LogP contribution in [0.25, 0.3) is 0 Å². The number of benzene rings is 1. The van der Waals surface area contributed by atoms with Gasteiger partial charge in [-0.15, -0.1) is 0 Å². The molecule has 0 aliphatic heterocycles. The smallest absolute Gasteiger partial charge is 0.271 e. The van der Waals surface area contributed by atoms with Gasteiger partial charge in [-0.05, 0) is 31.0 Å². The Morgan fingerprint density at radius 2 is 1.96 bits per heavy atom. The van der Waals surface area contributed by atoms with Crippen molar-refractivity contribution in [3.8, 4) is 5.75 Å². The maximum Gasteiger partial charge on any atom is 0.271 e. The lowest BCUT2D eigenvalue weighted by Crippen LogP contribution is -2.24. The highest BCUT2D eigenvalue weighted by Crippen LogP contribution is 2.11. The second-order valence-corrected chi connectivity index (χ2v) is 5.27. The molecule has 0 aliphatic rings. The molecule has 23 heavy (non-hydrogen) atoms. The number of aromatic nitrogens is 2. The maximum absolute atomic E-state index is 12.1. The van der Waals surface area contributed by atoms with E-state index in [-0.39, 0.29) is 5.91 Å². The van der Waals surface area contributed by atoms with Crippen LogP contribution in [0, 0.1) is 0 Å². The van der Waals surface area contributed by atoms with Gasteiger partial charge in [0.25, 0.3) is 5.91 Å². The van der Waals surface area contributed by atoms with E-state index in [9.17, 15) is 4.79 Å². The molecule has 2 aromatic rings. The first-order valence-electron chi connectivity index (χ1n) is 7.62. The molecule has 122 valence electrons. The molecule has 0 spiro atoms. The van der Waals surface area contributed by atoms with Crippen LogP contribution in [0.15, 0.2) is 36.7 Å². The molecule has 1 amide bonds. The molecule has 1 aromatic carbocycles. The lowest BCUT2D eigenvalue weighted by Gasteiger charge is -2.11. The minimum atomic E-state index is -0.247. The van der Waals surface area contributed by atoms with E-state index in [1.165, 1.54) is 6.20 Å². The van der Waals surface area contributed by atoms with Crippen molar-refractivity contribution >= 4 is 11.7 Å². The fourth-order valence-corrected chi connectivity index (χ4v) is 1.89. The van der Waals surface area contributed by atoms with Gasteiger partial charge in [-0.2, -0.15) is 0 Å². The molecule has 0 saturated carbocycles. The minimum absolute atomic E-state index is 0.247. The standard InChI is InChI=1S/C17H22N4O2/c1-4-12(2)21-16-11-18-15(10-19-16)17(22)20-9-13-5-7-14(23-3)8-6-13/h5-8,10-12H,4,9H2,1-3H3,(H,19,21)(H,20,22). The van der Waals surface area contributed by atoms with E-state index in [4.69, 9.17) is 4.74 Å². The van der Waals surface area contributed by atoms with Crippen molar-refractivity contribution in [3.05, 3.63) is 47.9 Å². The second kappa shape index (κ2) is 8.12. The lowest BCUT2D eigenvalue weighted by atomic mass is 10.2. The molecule has 0 radical (unpaired) electrons. The fraction of sp³-hybridized carbons (Fsp3) is 0.353. The largest absolute Gasteiger partial charge is 0.497 e. The summed E-state index contributed by atoms with van der Waals surface area (Å²) >= 11 is 0. The quantitative estimate of drug-likeness (QED) is 0.821. The highest BCUT2D eigenvalue weighted by Gasteiger charge is 2.08. The van der Waals surface area contributed by atoms with Crippen molar-refractivity contribution in [1.29, 1.82) is 0 Å². The molecule has 0 saturated heterocycles. The SMILES string of the molecule is CCC(C)Nc1cnc(C(=O)NCc2ccc(OC)cc2)cn1. The third-order valence-corrected chi connectivity index (χ3v) is 3.50. The predicted molar refractivity (Wildman–Crippen MR) is 89.6 cm³/mol. The number of rotatable bonds is 7. The van der Waals surface area contributed by atoms with Gasteiger partial charge in [0, 0.05) is 12.6 Å². The zero-order valence-electron chi connectivity index (χ0n) is 13.7. The highest BCUT2D eigenvalue weighted by molar-refractivity contribution is 5.91. The number of hydrogen-bond acceptors (Lipinski definition) is 5. The van der Waals surface area contributed by atoms with Crippen molar-refractivity contribution in [2.75, 3.05) is 12.4 Å². The van der Waals surface area contributed by atoms with Crippen molar-refractivity contribution < 1.29 is 9.53 Å². The van der Waals surface area contributed by atoms with Gasteiger partial charge in [0.15, 0.2) is 0 Å². The Kier molecular flexibility index (Phi) is 5.91. The monoisotopic (exact) mass is 314 g/mol. The van der Waals surface area contributed by atoms with Crippen molar-refractivity contribution in [1.82, 2.24) is 15.3 Å². The van der Waals surface area contributed by atoms with Crippen LogP contribution in [0.4, 0.5) is 5.82 Å². The van der Waals surface area contributed by atoms with Gasteiger partial charge in [-0.3, -0.25) is 4.79 Å². The molecule has 1 atom stereocenters. The van der Waals surface area contributed by atoms with Gasteiger partial charge in [0.2, 0.25) is 0 Å². The lowest BCUT2D eigenvalue weighted by molar-refractivity contribution is 0.0945. The van der Waals surface area contributed by atoms with Crippen molar-refractivity contribution in [3.63, 3.8) is 0 Å². The first-order valence-corrected chi connectivity index (χ1v) is 7.62. The molecule has 1 heterocycles. The summed E-state index contributed by atoms with van der Waals surface area (Å²) in [6, 6.07) is 7.85. The summed E-state index contributed by atoms with van der Waals surface area (Å²) < 4.78 is 5.10. The number of carbonyl (C=O) groups excluding carboxylic acids is 1. The number of hydrogen-bond donors (Lipinski definition) is 2. The van der Waals surface area contributed by atoms with E-state index in [0.717, 1.165) is 17.7 Å². The maximum atomic E-state index is 12.1. The Bertz CT molecular complexity index is 626. The Balaban J connectivity index is 1.89. The van der Waals surface area contributed by atoms with Crippen LogP contribution >= 0.6 is 0 Å². The van der Waals surface area contributed by atoms with Gasteiger partial charge in [-0.25, -0.2) is 9.97 Å². The fourth-order valence-electron chi connectivity index (χ4n) is 1.89. The molecule has 6 heteroatoms. The number of carbonyl (C=O) groups is 1. The Morgan fingerprint density at radius 3 is 2.52 bits per heavy atom. The topological polar surface area (TPSA) is 76.1 Å². The number of nitrogens with one attached hydrogen (secondary N) is 2. The van der Waals surface area contributed by atoms with Crippen LogP contribution in [-0.2, 0) is 6.54 Å². The normalized spacial score (nSPS) is 11.6. The zero-order chi connectivity index (χ0) is 16.7. The molecule has 2 rings (SSSR count). The highest BCUT2D eigenvalue weighted by atomic mass is 16.5. The molecular formula is C17H22N4O2. The summed E-state index contributed by atoms with van der Waals surface area (Å²) in [4.78, 5) is 20.4. The summed E-state index contributed by atoms with van der Waals surface area (Å²) in [5.74, 6) is 1.21.